The second-order valence-electron chi connectivity index (χ2n) is 8.14. The van der Waals surface area contributed by atoms with Crippen molar-refractivity contribution in [3.05, 3.63) is 71.1 Å². The normalized spacial score (nSPS) is 15.7. The molecule has 1 atom stereocenters. The molecular formula is C25H26N6O5W. The van der Waals surface area contributed by atoms with E-state index in [4.69, 9.17) is 14.6 Å². The van der Waals surface area contributed by atoms with Crippen molar-refractivity contribution in [2.75, 3.05) is 33.9 Å². The summed E-state index contributed by atoms with van der Waals surface area (Å²) in [6, 6.07) is 9.63. The van der Waals surface area contributed by atoms with Crippen LogP contribution in [-0.4, -0.2) is 83.2 Å². The van der Waals surface area contributed by atoms with Crippen LogP contribution in [0.1, 0.15) is 33.7 Å². The summed E-state index contributed by atoms with van der Waals surface area (Å²) in [6.07, 6.45) is 8.50. The first kappa shape index (κ1) is 28.0. The zero-order valence-corrected chi connectivity index (χ0v) is 23.3. The Bertz CT molecular complexity index is 1310. The monoisotopic (exact) mass is 674 g/mol. The molecule has 0 aliphatic carbocycles. The summed E-state index contributed by atoms with van der Waals surface area (Å²) in [5.41, 5.74) is 3.25. The fourth-order valence-corrected chi connectivity index (χ4v) is 3.94. The number of nitrogens with one attached hydrogen (secondary N) is 2. The van der Waals surface area contributed by atoms with Gasteiger partial charge < -0.3 is 41.0 Å². The predicted octanol–water partition coefficient (Wildman–Crippen LogP) is 1.63. The molecular weight excluding hydrogens is 648 g/mol. The minimum atomic E-state index is -1.05. The van der Waals surface area contributed by atoms with Crippen molar-refractivity contribution in [1.82, 2.24) is 25.4 Å². The van der Waals surface area contributed by atoms with Gasteiger partial charge in [0.25, 0.3) is 5.91 Å². The van der Waals surface area contributed by atoms with Gasteiger partial charge in [0.15, 0.2) is 0 Å². The van der Waals surface area contributed by atoms with Gasteiger partial charge in [-0.05, 0) is 30.2 Å². The molecule has 4 rings (SSSR count). The number of aromatic amines is 1. The Hall–Kier alpha value is -3.56. The van der Waals surface area contributed by atoms with Crippen molar-refractivity contribution in [3.8, 4) is 0 Å². The number of carbonyl (C=O) groups is 2. The number of nitrogens with zero attached hydrogens (tertiary/aromatic N) is 4. The van der Waals surface area contributed by atoms with Gasteiger partial charge in [-0.3, -0.25) is 9.59 Å². The van der Waals surface area contributed by atoms with Crippen LogP contribution in [0.3, 0.4) is 0 Å². The van der Waals surface area contributed by atoms with Gasteiger partial charge in [0.05, 0.1) is 19.8 Å². The van der Waals surface area contributed by atoms with Crippen molar-refractivity contribution in [1.29, 1.82) is 0 Å². The zero-order valence-electron chi connectivity index (χ0n) is 20.4. The maximum Gasteiger partial charge on any atom is 2.00 e. The molecule has 3 aromatic rings. The Morgan fingerprint density at radius 1 is 1.27 bits per heavy atom. The number of fused-ring (bicyclic) bond motifs is 1. The molecule has 1 aromatic carbocycles. The quantitative estimate of drug-likeness (QED) is 0.128. The fourth-order valence-electron chi connectivity index (χ4n) is 3.94. The van der Waals surface area contributed by atoms with E-state index in [1.807, 2.05) is 30.5 Å². The summed E-state index contributed by atoms with van der Waals surface area (Å²) >= 11 is 0. The third kappa shape index (κ3) is 7.02. The SMILES string of the molecule is COC(=[C-]NCC(=O)O)N=[C-]c1nnc(C(=O)N2CCC(OC)C2)cc1Cc1c[nH]c2ccccc12.[W+2]. The summed E-state index contributed by atoms with van der Waals surface area (Å²) in [7, 11) is 3.01. The van der Waals surface area contributed by atoms with Crippen LogP contribution in [0.2, 0.25) is 0 Å². The number of carboxylic acid groups (broad SMARTS) is 1. The number of ether oxygens (including phenoxy) is 2. The first-order chi connectivity index (χ1) is 17.5. The van der Waals surface area contributed by atoms with E-state index in [0.717, 1.165) is 22.9 Å². The average molecular weight is 674 g/mol. The Morgan fingerprint density at radius 2 is 2.08 bits per heavy atom. The number of benzene rings is 1. The number of carboxylic acids is 1. The van der Waals surface area contributed by atoms with Crippen LogP contribution < -0.4 is 5.32 Å². The van der Waals surface area contributed by atoms with Crippen LogP contribution in [0.15, 0.2) is 47.4 Å². The maximum atomic E-state index is 13.1. The molecule has 1 aliphatic heterocycles. The molecule has 0 bridgehead atoms. The van der Waals surface area contributed by atoms with Crippen LogP contribution in [0.4, 0.5) is 0 Å². The van der Waals surface area contributed by atoms with Crippen molar-refractivity contribution in [2.45, 2.75) is 18.9 Å². The number of aliphatic carboxylic acids is 1. The summed E-state index contributed by atoms with van der Waals surface area (Å²) in [6.45, 7) is 0.754. The molecule has 12 heteroatoms. The van der Waals surface area contributed by atoms with E-state index in [1.54, 1.807) is 18.1 Å². The van der Waals surface area contributed by atoms with E-state index >= 15 is 0 Å². The number of aromatic nitrogens is 3. The number of hydrogen-bond acceptors (Lipinski definition) is 8. The number of methoxy groups -OCH3 is 2. The number of hydrogen-bond donors (Lipinski definition) is 3. The number of aliphatic imine (C=N–C) groups is 1. The Balaban J connectivity index is 0.00000380. The molecule has 3 N–H and O–H groups in total. The van der Waals surface area contributed by atoms with Crippen LogP contribution in [0, 0.1) is 6.20 Å². The van der Waals surface area contributed by atoms with Gasteiger partial charge in [-0.15, -0.1) is 10.7 Å². The van der Waals surface area contributed by atoms with Crippen LogP contribution >= 0.6 is 0 Å². The third-order valence-corrected chi connectivity index (χ3v) is 5.80. The van der Waals surface area contributed by atoms with Gasteiger partial charge in [0.1, 0.15) is 5.69 Å². The Kier molecular flexibility index (Phi) is 9.93. The summed E-state index contributed by atoms with van der Waals surface area (Å²) in [5.74, 6) is -1.28. The topological polar surface area (TPSA) is 142 Å². The molecule has 11 nitrogen and oxygen atoms in total. The smallest absolute Gasteiger partial charge is 0.570 e. The van der Waals surface area contributed by atoms with Gasteiger partial charge >= 0.3 is 27.0 Å². The summed E-state index contributed by atoms with van der Waals surface area (Å²) in [4.78, 5) is 32.8. The van der Waals surface area contributed by atoms with E-state index in [9.17, 15) is 9.59 Å². The van der Waals surface area contributed by atoms with Crippen LogP contribution in [0.25, 0.3) is 10.9 Å². The predicted molar refractivity (Wildman–Crippen MR) is 130 cm³/mol. The Labute approximate surface area is 228 Å². The van der Waals surface area contributed by atoms with Gasteiger partial charge in [0.2, 0.25) is 0 Å². The van der Waals surface area contributed by atoms with Gasteiger partial charge in [-0.1, -0.05) is 36.4 Å². The minimum absolute atomic E-state index is 0. The number of carbonyl (C=O) groups excluding carboxylic acids is 1. The van der Waals surface area contributed by atoms with Gasteiger partial charge in [-0.2, -0.15) is 5.10 Å². The molecule has 2 aromatic heterocycles. The molecule has 1 amide bonds. The molecule has 192 valence electrons. The maximum absolute atomic E-state index is 13.1. The molecule has 0 radical (unpaired) electrons. The van der Waals surface area contributed by atoms with E-state index < -0.39 is 5.97 Å². The second-order valence-corrected chi connectivity index (χ2v) is 8.14. The molecule has 37 heavy (non-hydrogen) atoms. The molecule has 1 aliphatic rings. The van der Waals surface area contributed by atoms with Crippen molar-refractivity contribution in [3.63, 3.8) is 0 Å². The molecule has 1 unspecified atom stereocenters. The molecule has 1 fully saturated rings. The standard InChI is InChI=1S/C25H26N6O5.W/c1-35-18-7-8-31(15-18)25(34)21-10-16(9-17-11-27-20-6-4-3-5-19(17)20)22(30-29-21)12-28-23(36-2)13-26-14-24(32)33;/h3-6,10-11,18,26-27H,7-9,14-15H2,1-2H3,(H,32,33);/q-2;+2. The first-order valence-corrected chi connectivity index (χ1v) is 11.3. The third-order valence-electron chi connectivity index (χ3n) is 5.80. The van der Waals surface area contributed by atoms with Crippen LogP contribution in [-0.2, 0) is 41.8 Å². The van der Waals surface area contributed by atoms with Gasteiger partial charge in [0, 0.05) is 37.3 Å². The summed E-state index contributed by atoms with van der Waals surface area (Å²) < 4.78 is 10.5. The fraction of sp³-hybridized carbons (Fsp3) is 0.320. The van der Waals surface area contributed by atoms with Crippen molar-refractivity contribution >= 4 is 29.0 Å². The number of amides is 1. The summed E-state index contributed by atoms with van der Waals surface area (Å²) in [5, 5.41) is 20.6. The zero-order chi connectivity index (χ0) is 25.5. The Morgan fingerprint density at radius 3 is 2.81 bits per heavy atom. The van der Waals surface area contributed by atoms with Crippen LogP contribution in [0.5, 0.6) is 0 Å². The van der Waals surface area contributed by atoms with Crippen molar-refractivity contribution in [2.24, 2.45) is 4.99 Å². The molecule has 1 saturated heterocycles. The van der Waals surface area contributed by atoms with E-state index in [0.29, 0.717) is 30.8 Å². The van der Waals surface area contributed by atoms with Crippen molar-refractivity contribution < 1.29 is 45.2 Å². The molecule has 0 spiro atoms. The van der Waals surface area contributed by atoms with E-state index in [-0.39, 0.29) is 51.2 Å². The molecule has 3 heterocycles. The minimum Gasteiger partial charge on any atom is -0.570 e. The second kappa shape index (κ2) is 13.1. The average Bonchev–Trinajstić information content (AvgIpc) is 3.53. The molecule has 0 saturated carbocycles. The number of para-hydroxylation sites is 1. The van der Waals surface area contributed by atoms with E-state index in [2.05, 4.69) is 37.9 Å². The number of likely N-dealkylation sites (tertiary alicyclic amines) is 1. The van der Waals surface area contributed by atoms with Gasteiger partial charge in [-0.25, -0.2) is 0 Å². The number of rotatable bonds is 10. The largest absolute Gasteiger partial charge is 2.00 e. The first-order valence-electron chi connectivity index (χ1n) is 11.3. The number of H-pyrrole nitrogens is 1. The van der Waals surface area contributed by atoms with E-state index in [1.165, 1.54) is 7.11 Å².